The van der Waals surface area contributed by atoms with E-state index < -0.39 is 0 Å². The van der Waals surface area contributed by atoms with Gasteiger partial charge in [0.05, 0.1) is 40.7 Å². The summed E-state index contributed by atoms with van der Waals surface area (Å²) in [5.41, 5.74) is 1.83. The number of hydrogen-bond donors (Lipinski definition) is 0. The second-order valence-electron chi connectivity index (χ2n) is 5.95. The minimum Gasteiger partial charge on any atom is -0.497 e. The molecule has 1 aliphatic rings. The first-order valence-electron chi connectivity index (χ1n) is 8.45. The summed E-state index contributed by atoms with van der Waals surface area (Å²) in [7, 11) is 6.44. The Kier molecular flexibility index (Phi) is 6.01. The van der Waals surface area contributed by atoms with Gasteiger partial charge in [-0.05, 0) is 18.2 Å². The number of thioether (sulfide) groups is 1. The zero-order valence-electron chi connectivity index (χ0n) is 15.9. The predicted molar refractivity (Wildman–Crippen MR) is 105 cm³/mol. The number of rotatable bonds is 7. The fraction of sp³-hybridized carbons (Fsp3) is 0.350. The second-order valence-corrected chi connectivity index (χ2v) is 7.01. The standard InChI is InChI=1S/C20H23NO5S/c1-23-14-8-9-15(17(10-14)25-3)20-21(18(22)12-27-20)11-13-6-5-7-16(24-2)19(13)26-4/h5-10,20H,11-12H2,1-4H3. The van der Waals surface area contributed by atoms with Gasteiger partial charge in [0, 0.05) is 17.2 Å². The van der Waals surface area contributed by atoms with Crippen molar-refractivity contribution in [3.8, 4) is 23.0 Å². The van der Waals surface area contributed by atoms with E-state index in [2.05, 4.69) is 0 Å². The van der Waals surface area contributed by atoms with E-state index in [1.54, 1.807) is 40.2 Å². The second kappa shape index (κ2) is 8.43. The number of ether oxygens (including phenoxy) is 4. The third kappa shape index (κ3) is 3.78. The van der Waals surface area contributed by atoms with Crippen LogP contribution in [0.2, 0.25) is 0 Å². The van der Waals surface area contributed by atoms with Crippen LogP contribution in [-0.2, 0) is 11.3 Å². The Morgan fingerprint density at radius 1 is 1.00 bits per heavy atom. The van der Waals surface area contributed by atoms with Crippen LogP contribution >= 0.6 is 11.8 Å². The van der Waals surface area contributed by atoms with Crippen molar-refractivity contribution in [2.24, 2.45) is 0 Å². The SMILES string of the molecule is COc1ccc(C2SCC(=O)N2Cc2cccc(OC)c2OC)c(OC)c1. The van der Waals surface area contributed by atoms with Gasteiger partial charge in [-0.1, -0.05) is 12.1 Å². The van der Waals surface area contributed by atoms with Gasteiger partial charge in [0.2, 0.25) is 5.91 Å². The van der Waals surface area contributed by atoms with E-state index in [9.17, 15) is 4.79 Å². The van der Waals surface area contributed by atoms with E-state index in [0.717, 1.165) is 11.1 Å². The average molecular weight is 389 g/mol. The number of benzene rings is 2. The number of nitrogens with zero attached hydrogens (tertiary/aromatic N) is 1. The lowest BCUT2D eigenvalue weighted by molar-refractivity contribution is -0.128. The molecule has 0 N–H and O–H groups in total. The van der Waals surface area contributed by atoms with Gasteiger partial charge in [-0.3, -0.25) is 4.79 Å². The molecular formula is C20H23NO5S. The molecule has 0 aromatic heterocycles. The zero-order chi connectivity index (χ0) is 19.4. The first-order valence-corrected chi connectivity index (χ1v) is 9.50. The van der Waals surface area contributed by atoms with Gasteiger partial charge < -0.3 is 23.8 Å². The van der Waals surface area contributed by atoms with Crippen molar-refractivity contribution in [3.63, 3.8) is 0 Å². The molecule has 6 nitrogen and oxygen atoms in total. The van der Waals surface area contributed by atoms with Gasteiger partial charge in [-0.25, -0.2) is 0 Å². The minimum atomic E-state index is -0.144. The highest BCUT2D eigenvalue weighted by Crippen LogP contribution is 2.45. The van der Waals surface area contributed by atoms with E-state index in [-0.39, 0.29) is 11.3 Å². The Bertz CT molecular complexity index is 826. The van der Waals surface area contributed by atoms with Crippen LogP contribution in [0.15, 0.2) is 36.4 Å². The Balaban J connectivity index is 1.95. The van der Waals surface area contributed by atoms with Crippen molar-refractivity contribution < 1.29 is 23.7 Å². The summed E-state index contributed by atoms with van der Waals surface area (Å²) in [6, 6.07) is 11.3. The van der Waals surface area contributed by atoms with Crippen molar-refractivity contribution in [3.05, 3.63) is 47.5 Å². The summed E-state index contributed by atoms with van der Waals surface area (Å²) < 4.78 is 21.7. The van der Waals surface area contributed by atoms with Gasteiger partial charge in [0.25, 0.3) is 0 Å². The molecule has 0 bridgehead atoms. The molecule has 0 radical (unpaired) electrons. The van der Waals surface area contributed by atoms with Gasteiger partial charge in [0.1, 0.15) is 16.9 Å². The number of carbonyl (C=O) groups is 1. The van der Waals surface area contributed by atoms with Crippen LogP contribution in [-0.4, -0.2) is 45.0 Å². The molecular weight excluding hydrogens is 366 g/mol. The largest absolute Gasteiger partial charge is 0.497 e. The fourth-order valence-electron chi connectivity index (χ4n) is 3.17. The minimum absolute atomic E-state index is 0.0766. The first kappa shape index (κ1) is 19.2. The van der Waals surface area contributed by atoms with Gasteiger partial charge in [0.15, 0.2) is 11.5 Å². The summed E-state index contributed by atoms with van der Waals surface area (Å²) in [5.74, 6) is 3.20. The molecule has 0 spiro atoms. The lowest BCUT2D eigenvalue weighted by atomic mass is 10.1. The summed E-state index contributed by atoms with van der Waals surface area (Å²) in [4.78, 5) is 14.4. The number of amides is 1. The fourth-order valence-corrected chi connectivity index (χ4v) is 4.38. The van der Waals surface area contributed by atoms with Crippen LogP contribution in [0.4, 0.5) is 0 Å². The maximum Gasteiger partial charge on any atom is 0.234 e. The highest BCUT2D eigenvalue weighted by Gasteiger charge is 2.35. The highest BCUT2D eigenvalue weighted by molar-refractivity contribution is 8.00. The van der Waals surface area contributed by atoms with Crippen molar-refractivity contribution in [2.75, 3.05) is 34.2 Å². The number of hydrogen-bond acceptors (Lipinski definition) is 6. The predicted octanol–water partition coefficient (Wildman–Crippen LogP) is 3.50. The van der Waals surface area contributed by atoms with Crippen molar-refractivity contribution in [2.45, 2.75) is 11.9 Å². The Morgan fingerprint density at radius 2 is 1.78 bits per heavy atom. The summed E-state index contributed by atoms with van der Waals surface area (Å²) in [6.45, 7) is 0.423. The molecule has 1 unspecified atom stereocenters. The maximum atomic E-state index is 12.6. The lowest BCUT2D eigenvalue weighted by Gasteiger charge is -2.26. The molecule has 144 valence electrons. The zero-order valence-corrected chi connectivity index (χ0v) is 16.7. The van der Waals surface area contributed by atoms with Crippen LogP contribution in [0.5, 0.6) is 23.0 Å². The third-order valence-electron chi connectivity index (χ3n) is 4.50. The normalized spacial score (nSPS) is 16.4. The molecule has 1 amide bonds. The lowest BCUT2D eigenvalue weighted by Crippen LogP contribution is -2.28. The quantitative estimate of drug-likeness (QED) is 0.723. The van der Waals surface area contributed by atoms with Gasteiger partial charge in [-0.2, -0.15) is 0 Å². The van der Waals surface area contributed by atoms with Gasteiger partial charge >= 0.3 is 0 Å². The molecule has 1 fully saturated rings. The van der Waals surface area contributed by atoms with Crippen LogP contribution in [0.3, 0.4) is 0 Å². The summed E-state index contributed by atoms with van der Waals surface area (Å²) in [6.07, 6.45) is 0. The molecule has 2 aromatic rings. The van der Waals surface area contributed by atoms with Crippen molar-refractivity contribution in [1.29, 1.82) is 0 Å². The molecule has 27 heavy (non-hydrogen) atoms. The van der Waals surface area contributed by atoms with Crippen molar-refractivity contribution >= 4 is 17.7 Å². The Hall–Kier alpha value is -2.54. The van der Waals surface area contributed by atoms with Crippen LogP contribution in [0, 0.1) is 0 Å². The van der Waals surface area contributed by atoms with E-state index in [4.69, 9.17) is 18.9 Å². The number of carbonyl (C=O) groups excluding carboxylic acids is 1. The summed E-state index contributed by atoms with van der Waals surface area (Å²) in [5, 5.41) is -0.144. The van der Waals surface area contributed by atoms with Crippen LogP contribution < -0.4 is 18.9 Å². The van der Waals surface area contributed by atoms with E-state index in [1.807, 2.05) is 41.3 Å². The van der Waals surface area contributed by atoms with Gasteiger partial charge in [-0.15, -0.1) is 11.8 Å². The monoisotopic (exact) mass is 389 g/mol. The van der Waals surface area contributed by atoms with E-state index >= 15 is 0 Å². The Morgan fingerprint density at radius 3 is 2.44 bits per heavy atom. The Labute approximate surface area is 163 Å². The first-order chi connectivity index (χ1) is 13.1. The number of para-hydroxylation sites is 1. The topological polar surface area (TPSA) is 57.2 Å². The maximum absolute atomic E-state index is 12.6. The highest BCUT2D eigenvalue weighted by atomic mass is 32.2. The molecule has 2 aromatic carbocycles. The van der Waals surface area contributed by atoms with E-state index in [0.29, 0.717) is 35.3 Å². The van der Waals surface area contributed by atoms with Crippen LogP contribution in [0.25, 0.3) is 0 Å². The smallest absolute Gasteiger partial charge is 0.234 e. The molecule has 0 aliphatic carbocycles. The van der Waals surface area contributed by atoms with Crippen molar-refractivity contribution in [1.82, 2.24) is 4.90 Å². The third-order valence-corrected chi connectivity index (χ3v) is 5.74. The summed E-state index contributed by atoms with van der Waals surface area (Å²) >= 11 is 1.58. The molecule has 1 heterocycles. The number of methoxy groups -OCH3 is 4. The molecule has 3 rings (SSSR count). The van der Waals surface area contributed by atoms with Crippen LogP contribution in [0.1, 0.15) is 16.5 Å². The molecule has 1 aliphatic heterocycles. The van der Waals surface area contributed by atoms with E-state index in [1.165, 1.54) is 0 Å². The average Bonchev–Trinajstić information content (AvgIpc) is 3.07. The molecule has 0 saturated carbocycles. The molecule has 7 heteroatoms. The molecule has 1 saturated heterocycles. The molecule has 1 atom stereocenters.